The lowest BCUT2D eigenvalue weighted by molar-refractivity contribution is 0.198. The third-order valence-electron chi connectivity index (χ3n) is 2.47. The van der Waals surface area contributed by atoms with Crippen molar-refractivity contribution in [3.63, 3.8) is 0 Å². The Bertz CT molecular complexity index is 522. The Hall–Kier alpha value is -2.30. The number of benzene rings is 1. The van der Waals surface area contributed by atoms with E-state index in [-0.39, 0.29) is 6.54 Å². The molecule has 0 aliphatic rings. The summed E-state index contributed by atoms with van der Waals surface area (Å²) in [5, 5.41) is 6.51. The van der Waals surface area contributed by atoms with Gasteiger partial charge >= 0.3 is 6.09 Å². The molecule has 1 heterocycles. The monoisotopic (exact) mass is 260 g/mol. The maximum atomic E-state index is 11.5. The predicted octanol–water partition coefficient (Wildman–Crippen LogP) is 2.92. The van der Waals surface area contributed by atoms with Crippen molar-refractivity contribution in [2.24, 2.45) is 0 Å². The first-order chi connectivity index (χ1) is 9.28. The van der Waals surface area contributed by atoms with E-state index in [1.807, 2.05) is 12.1 Å². The van der Waals surface area contributed by atoms with Gasteiger partial charge in [-0.2, -0.15) is 0 Å². The number of aryl methyl sites for hydroxylation is 1. The molecule has 100 valence electrons. The molecule has 2 aromatic rings. The average molecular weight is 260 g/mol. The van der Waals surface area contributed by atoms with Gasteiger partial charge in [0, 0.05) is 6.07 Å². The SMILES string of the molecule is CCCc1cc(CNC(=O)Oc2ccccc2)on1. The first-order valence-corrected chi connectivity index (χ1v) is 6.23. The number of nitrogens with one attached hydrogen (secondary N) is 1. The summed E-state index contributed by atoms with van der Waals surface area (Å²) in [5.41, 5.74) is 0.899. The Balaban J connectivity index is 1.79. The molecule has 0 fully saturated rings. The number of hydrogen-bond acceptors (Lipinski definition) is 4. The fraction of sp³-hybridized carbons (Fsp3) is 0.286. The van der Waals surface area contributed by atoms with Gasteiger partial charge in [-0.3, -0.25) is 0 Å². The highest BCUT2D eigenvalue weighted by Gasteiger charge is 2.07. The van der Waals surface area contributed by atoms with Gasteiger partial charge in [-0.25, -0.2) is 4.79 Å². The van der Waals surface area contributed by atoms with Crippen molar-refractivity contribution in [3.8, 4) is 5.75 Å². The zero-order valence-corrected chi connectivity index (χ0v) is 10.8. The molecule has 5 heteroatoms. The van der Waals surface area contributed by atoms with Crippen LogP contribution in [-0.4, -0.2) is 11.2 Å². The maximum Gasteiger partial charge on any atom is 0.412 e. The molecule has 19 heavy (non-hydrogen) atoms. The lowest BCUT2D eigenvalue weighted by atomic mass is 10.2. The van der Waals surface area contributed by atoms with E-state index in [1.165, 1.54) is 0 Å². The summed E-state index contributed by atoms with van der Waals surface area (Å²) in [6.45, 7) is 2.34. The summed E-state index contributed by atoms with van der Waals surface area (Å²) in [7, 11) is 0. The highest BCUT2D eigenvalue weighted by Crippen LogP contribution is 2.09. The molecule has 0 unspecified atom stereocenters. The topological polar surface area (TPSA) is 64.4 Å². The summed E-state index contributed by atoms with van der Waals surface area (Å²) in [5.74, 6) is 1.12. The smallest absolute Gasteiger partial charge is 0.410 e. The van der Waals surface area contributed by atoms with Crippen LogP contribution < -0.4 is 10.1 Å². The van der Waals surface area contributed by atoms with Crippen molar-refractivity contribution >= 4 is 6.09 Å². The van der Waals surface area contributed by atoms with E-state index >= 15 is 0 Å². The van der Waals surface area contributed by atoms with Gasteiger partial charge in [-0.1, -0.05) is 36.7 Å². The number of para-hydroxylation sites is 1. The molecule has 1 aromatic heterocycles. The van der Waals surface area contributed by atoms with Gasteiger partial charge in [0.05, 0.1) is 12.2 Å². The van der Waals surface area contributed by atoms with Crippen LogP contribution in [0.2, 0.25) is 0 Å². The Morgan fingerprint density at radius 3 is 2.89 bits per heavy atom. The van der Waals surface area contributed by atoms with Crippen LogP contribution in [-0.2, 0) is 13.0 Å². The molecule has 0 saturated carbocycles. The van der Waals surface area contributed by atoms with E-state index in [4.69, 9.17) is 9.26 Å². The fourth-order valence-electron chi connectivity index (χ4n) is 1.60. The van der Waals surface area contributed by atoms with Crippen molar-refractivity contribution in [3.05, 3.63) is 47.9 Å². The molecule has 0 bridgehead atoms. The standard InChI is InChI=1S/C14H16N2O3/c1-2-6-11-9-13(19-16-11)10-15-14(17)18-12-7-4-3-5-8-12/h3-5,7-9H,2,6,10H2,1H3,(H,15,17). The van der Waals surface area contributed by atoms with E-state index in [1.54, 1.807) is 24.3 Å². The number of hydrogen-bond donors (Lipinski definition) is 1. The van der Waals surface area contributed by atoms with E-state index in [9.17, 15) is 4.79 Å². The van der Waals surface area contributed by atoms with Gasteiger partial charge in [0.2, 0.25) is 0 Å². The summed E-state index contributed by atoms with van der Waals surface area (Å²) in [4.78, 5) is 11.5. The lowest BCUT2D eigenvalue weighted by Crippen LogP contribution is -2.26. The van der Waals surface area contributed by atoms with Crippen LogP contribution in [0.4, 0.5) is 4.79 Å². The highest BCUT2D eigenvalue weighted by atomic mass is 16.6. The Kier molecular flexibility index (Phi) is 4.55. The van der Waals surface area contributed by atoms with Crippen LogP contribution in [0.5, 0.6) is 5.75 Å². The quantitative estimate of drug-likeness (QED) is 0.897. The van der Waals surface area contributed by atoms with Gasteiger partial charge in [0.1, 0.15) is 5.75 Å². The van der Waals surface area contributed by atoms with E-state index in [2.05, 4.69) is 17.4 Å². The molecule has 1 N–H and O–H groups in total. The van der Waals surface area contributed by atoms with E-state index < -0.39 is 6.09 Å². The van der Waals surface area contributed by atoms with Crippen molar-refractivity contribution in [2.45, 2.75) is 26.3 Å². The number of amides is 1. The highest BCUT2D eigenvalue weighted by molar-refractivity contribution is 5.70. The number of rotatable bonds is 5. The van der Waals surface area contributed by atoms with Crippen molar-refractivity contribution in [2.75, 3.05) is 0 Å². The number of ether oxygens (including phenoxy) is 1. The molecular formula is C14H16N2O3. The predicted molar refractivity (Wildman–Crippen MR) is 69.8 cm³/mol. The number of nitrogens with zero attached hydrogens (tertiary/aromatic N) is 1. The van der Waals surface area contributed by atoms with Crippen molar-refractivity contribution in [1.82, 2.24) is 10.5 Å². The van der Waals surface area contributed by atoms with Crippen molar-refractivity contribution < 1.29 is 14.1 Å². The zero-order chi connectivity index (χ0) is 13.5. The van der Waals surface area contributed by atoms with Gasteiger partial charge < -0.3 is 14.6 Å². The van der Waals surface area contributed by atoms with Crippen LogP contribution in [0.1, 0.15) is 24.8 Å². The first-order valence-electron chi connectivity index (χ1n) is 6.23. The molecule has 0 radical (unpaired) electrons. The van der Waals surface area contributed by atoms with Crippen molar-refractivity contribution in [1.29, 1.82) is 0 Å². The summed E-state index contributed by atoms with van der Waals surface area (Å²) in [6.07, 6.45) is 1.37. The Morgan fingerprint density at radius 2 is 2.16 bits per heavy atom. The summed E-state index contributed by atoms with van der Waals surface area (Å²) in [6, 6.07) is 10.7. The maximum absolute atomic E-state index is 11.5. The zero-order valence-electron chi connectivity index (χ0n) is 10.8. The minimum atomic E-state index is -0.514. The van der Waals surface area contributed by atoms with Gasteiger partial charge in [0.15, 0.2) is 5.76 Å². The second-order valence-electron chi connectivity index (χ2n) is 4.09. The molecule has 2 rings (SSSR count). The first kappa shape index (κ1) is 13.1. The number of aromatic nitrogens is 1. The minimum absolute atomic E-state index is 0.266. The van der Waals surface area contributed by atoms with Crippen LogP contribution in [0.25, 0.3) is 0 Å². The molecule has 0 aliphatic carbocycles. The molecule has 0 saturated heterocycles. The Labute approximate surface area is 111 Å². The van der Waals surface area contributed by atoms with Crippen LogP contribution in [0, 0.1) is 0 Å². The number of carbonyl (C=O) groups is 1. The largest absolute Gasteiger partial charge is 0.412 e. The molecule has 0 spiro atoms. The van der Waals surface area contributed by atoms with Crippen LogP contribution in [0.3, 0.4) is 0 Å². The summed E-state index contributed by atoms with van der Waals surface area (Å²) >= 11 is 0. The van der Waals surface area contributed by atoms with Crippen LogP contribution >= 0.6 is 0 Å². The Morgan fingerprint density at radius 1 is 1.37 bits per heavy atom. The van der Waals surface area contributed by atoms with Gasteiger partial charge in [0.25, 0.3) is 0 Å². The lowest BCUT2D eigenvalue weighted by Gasteiger charge is -2.04. The second kappa shape index (κ2) is 6.58. The van der Waals surface area contributed by atoms with Crippen LogP contribution in [0.15, 0.2) is 40.9 Å². The normalized spacial score (nSPS) is 10.2. The third kappa shape index (κ3) is 4.13. The third-order valence-corrected chi connectivity index (χ3v) is 2.47. The van der Waals surface area contributed by atoms with Gasteiger partial charge in [-0.05, 0) is 18.6 Å². The average Bonchev–Trinajstić information content (AvgIpc) is 2.86. The molecule has 1 amide bonds. The number of carbonyl (C=O) groups excluding carboxylic acids is 1. The van der Waals surface area contributed by atoms with E-state index in [0.29, 0.717) is 11.5 Å². The minimum Gasteiger partial charge on any atom is -0.410 e. The molecule has 0 aliphatic heterocycles. The molecule has 1 aromatic carbocycles. The van der Waals surface area contributed by atoms with E-state index in [0.717, 1.165) is 18.5 Å². The van der Waals surface area contributed by atoms with Gasteiger partial charge in [-0.15, -0.1) is 0 Å². The molecule has 5 nitrogen and oxygen atoms in total. The fourth-order valence-corrected chi connectivity index (χ4v) is 1.60. The summed E-state index contributed by atoms with van der Waals surface area (Å²) < 4.78 is 10.2. The molecule has 0 atom stereocenters. The molecular weight excluding hydrogens is 244 g/mol. The second-order valence-corrected chi connectivity index (χ2v) is 4.09.